The second-order valence-electron chi connectivity index (χ2n) is 5.50. The van der Waals surface area contributed by atoms with Gasteiger partial charge >= 0.3 is 0 Å². The molecule has 4 heteroatoms. The van der Waals surface area contributed by atoms with Gasteiger partial charge in [0.05, 0.1) is 6.61 Å². The number of nitrogens with one attached hydrogen (secondary N) is 2. The lowest BCUT2D eigenvalue weighted by atomic mass is 9.79. The minimum atomic E-state index is -0.0121. The molecule has 0 radical (unpaired) electrons. The van der Waals surface area contributed by atoms with Crippen LogP contribution in [0.25, 0.3) is 0 Å². The lowest BCUT2D eigenvalue weighted by Crippen LogP contribution is -2.48. The topological polar surface area (TPSA) is 50.4 Å². The lowest BCUT2D eigenvalue weighted by molar-refractivity contribution is -0.136. The molecular formula is C13H26N2O2. The highest BCUT2D eigenvalue weighted by Crippen LogP contribution is 2.30. The van der Waals surface area contributed by atoms with Crippen LogP contribution in [0.3, 0.4) is 0 Å². The predicted octanol–water partition coefficient (Wildman–Crippen LogP) is 2.00. The summed E-state index contributed by atoms with van der Waals surface area (Å²) in [6, 6.07) is 0. The summed E-state index contributed by atoms with van der Waals surface area (Å²) in [4.78, 5) is 16.9. The fraction of sp³-hybridized carbons (Fsp3) is 0.923. The number of carbonyl (C=O) groups excluding carboxylic acids is 1. The van der Waals surface area contributed by atoms with E-state index >= 15 is 0 Å². The average Bonchev–Trinajstić information content (AvgIpc) is 2.29. The Morgan fingerprint density at radius 1 is 1.29 bits per heavy atom. The van der Waals surface area contributed by atoms with Crippen molar-refractivity contribution < 1.29 is 9.63 Å². The smallest absolute Gasteiger partial charge is 0.245 e. The molecule has 0 spiro atoms. The third-order valence-corrected chi connectivity index (χ3v) is 3.44. The molecule has 1 aliphatic carbocycles. The van der Waals surface area contributed by atoms with Crippen molar-refractivity contribution in [2.75, 3.05) is 13.7 Å². The van der Waals surface area contributed by atoms with Crippen LogP contribution in [0, 0.1) is 5.92 Å². The van der Waals surface area contributed by atoms with Crippen molar-refractivity contribution >= 4 is 5.91 Å². The molecule has 1 fully saturated rings. The first-order valence-electron chi connectivity index (χ1n) is 6.67. The molecule has 4 nitrogen and oxygen atoms in total. The molecule has 0 aromatic carbocycles. The number of hydrogen-bond acceptors (Lipinski definition) is 3. The third-order valence-electron chi connectivity index (χ3n) is 3.44. The molecular weight excluding hydrogens is 216 g/mol. The van der Waals surface area contributed by atoms with Crippen LogP contribution in [0.5, 0.6) is 0 Å². The van der Waals surface area contributed by atoms with Gasteiger partial charge in [0.2, 0.25) is 5.91 Å². The van der Waals surface area contributed by atoms with Crippen LogP contribution in [0.1, 0.15) is 52.4 Å². The van der Waals surface area contributed by atoms with E-state index in [9.17, 15) is 4.79 Å². The highest BCUT2D eigenvalue weighted by molar-refractivity contribution is 5.76. The van der Waals surface area contributed by atoms with E-state index in [0.29, 0.717) is 18.9 Å². The lowest BCUT2D eigenvalue weighted by Gasteiger charge is -2.36. The van der Waals surface area contributed by atoms with E-state index < -0.39 is 0 Å². The minimum absolute atomic E-state index is 0.0104. The Bertz CT molecular complexity index is 236. The van der Waals surface area contributed by atoms with E-state index in [1.54, 1.807) is 0 Å². The molecule has 100 valence electrons. The van der Waals surface area contributed by atoms with Crippen molar-refractivity contribution in [3.05, 3.63) is 0 Å². The molecule has 0 atom stereocenters. The monoisotopic (exact) mass is 242 g/mol. The van der Waals surface area contributed by atoms with Gasteiger partial charge in [-0.05, 0) is 25.8 Å². The van der Waals surface area contributed by atoms with Crippen LogP contribution in [0.2, 0.25) is 0 Å². The van der Waals surface area contributed by atoms with Crippen LogP contribution in [0.4, 0.5) is 0 Å². The van der Waals surface area contributed by atoms with Gasteiger partial charge in [0.1, 0.15) is 0 Å². The summed E-state index contributed by atoms with van der Waals surface area (Å²) < 4.78 is 0. The molecule has 0 aromatic heterocycles. The second kappa shape index (κ2) is 6.97. The molecule has 17 heavy (non-hydrogen) atoms. The quantitative estimate of drug-likeness (QED) is 0.700. The van der Waals surface area contributed by atoms with Gasteiger partial charge in [-0.2, -0.15) is 0 Å². The summed E-state index contributed by atoms with van der Waals surface area (Å²) in [7, 11) is 1.95. The molecule has 2 N–H and O–H groups in total. The summed E-state index contributed by atoms with van der Waals surface area (Å²) in [5, 5.41) is 3.33. The van der Waals surface area contributed by atoms with Crippen LogP contribution >= 0.6 is 0 Å². The third kappa shape index (κ3) is 5.04. The fourth-order valence-corrected chi connectivity index (χ4v) is 2.38. The highest BCUT2D eigenvalue weighted by Gasteiger charge is 2.32. The van der Waals surface area contributed by atoms with Gasteiger partial charge in [0, 0.05) is 12.0 Å². The summed E-state index contributed by atoms with van der Waals surface area (Å²) in [6.45, 7) is 4.68. The predicted molar refractivity (Wildman–Crippen MR) is 68.4 cm³/mol. The van der Waals surface area contributed by atoms with Crippen LogP contribution < -0.4 is 10.8 Å². The summed E-state index contributed by atoms with van der Waals surface area (Å²) >= 11 is 0. The first-order valence-corrected chi connectivity index (χ1v) is 6.67. The van der Waals surface area contributed by atoms with Gasteiger partial charge in [-0.25, -0.2) is 5.48 Å². The Labute approximate surface area is 104 Å². The fourth-order valence-electron chi connectivity index (χ4n) is 2.38. The number of rotatable bonds is 6. The number of amides is 1. The van der Waals surface area contributed by atoms with E-state index in [-0.39, 0.29) is 11.4 Å². The standard InChI is InChI=1S/C13H26N2O2/c1-11(2)10-17-15-12(16)9-13(14-3)7-5-4-6-8-13/h11,14H,4-10H2,1-3H3,(H,15,16). The Kier molecular flexibility index (Phi) is 5.92. The first kappa shape index (κ1) is 14.5. The van der Waals surface area contributed by atoms with E-state index in [1.807, 2.05) is 7.05 Å². The maximum atomic E-state index is 11.8. The van der Waals surface area contributed by atoms with Crippen molar-refractivity contribution in [2.45, 2.75) is 57.9 Å². The van der Waals surface area contributed by atoms with Gasteiger partial charge in [-0.1, -0.05) is 33.1 Å². The molecule has 1 saturated carbocycles. The van der Waals surface area contributed by atoms with E-state index in [4.69, 9.17) is 4.84 Å². The first-order chi connectivity index (χ1) is 8.08. The number of carbonyl (C=O) groups is 1. The molecule has 0 heterocycles. The molecule has 0 unspecified atom stereocenters. The van der Waals surface area contributed by atoms with Crippen LogP contribution in [-0.2, 0) is 9.63 Å². The van der Waals surface area contributed by atoms with Crippen molar-refractivity contribution in [2.24, 2.45) is 5.92 Å². The van der Waals surface area contributed by atoms with Crippen molar-refractivity contribution in [3.63, 3.8) is 0 Å². The molecule has 0 saturated heterocycles. The van der Waals surface area contributed by atoms with Gasteiger partial charge < -0.3 is 5.32 Å². The van der Waals surface area contributed by atoms with Crippen LogP contribution in [0.15, 0.2) is 0 Å². The Morgan fingerprint density at radius 3 is 2.47 bits per heavy atom. The average molecular weight is 242 g/mol. The molecule has 1 amide bonds. The summed E-state index contributed by atoms with van der Waals surface area (Å²) in [5.41, 5.74) is 2.53. The van der Waals surface area contributed by atoms with E-state index in [0.717, 1.165) is 12.8 Å². The van der Waals surface area contributed by atoms with Crippen molar-refractivity contribution in [3.8, 4) is 0 Å². The second-order valence-corrected chi connectivity index (χ2v) is 5.50. The molecule has 1 aliphatic rings. The van der Waals surface area contributed by atoms with Gasteiger partial charge in [0.15, 0.2) is 0 Å². The minimum Gasteiger partial charge on any atom is -0.314 e. The zero-order valence-electron chi connectivity index (χ0n) is 11.3. The summed E-state index contributed by atoms with van der Waals surface area (Å²) in [5.74, 6) is 0.421. The van der Waals surface area contributed by atoms with E-state index in [2.05, 4.69) is 24.6 Å². The SMILES string of the molecule is CNC1(CC(=O)NOCC(C)C)CCCCC1. The molecule has 0 aromatic rings. The van der Waals surface area contributed by atoms with Crippen molar-refractivity contribution in [1.29, 1.82) is 0 Å². The molecule has 1 rings (SSSR count). The zero-order valence-corrected chi connectivity index (χ0v) is 11.3. The molecule has 0 aliphatic heterocycles. The Hall–Kier alpha value is -0.610. The zero-order chi connectivity index (χ0) is 12.7. The normalized spacial score (nSPS) is 19.3. The van der Waals surface area contributed by atoms with E-state index in [1.165, 1.54) is 19.3 Å². The number of hydrogen-bond donors (Lipinski definition) is 2. The number of hydroxylamine groups is 1. The largest absolute Gasteiger partial charge is 0.314 e. The Morgan fingerprint density at radius 2 is 1.94 bits per heavy atom. The Balaban J connectivity index is 2.32. The highest BCUT2D eigenvalue weighted by atomic mass is 16.6. The summed E-state index contributed by atoms with van der Waals surface area (Å²) in [6.07, 6.45) is 6.39. The van der Waals surface area contributed by atoms with Crippen molar-refractivity contribution in [1.82, 2.24) is 10.8 Å². The molecule has 0 bridgehead atoms. The van der Waals surface area contributed by atoms with Gasteiger partial charge in [-0.3, -0.25) is 9.63 Å². The van der Waals surface area contributed by atoms with Crippen LogP contribution in [-0.4, -0.2) is 25.1 Å². The van der Waals surface area contributed by atoms with Gasteiger partial charge in [-0.15, -0.1) is 0 Å². The maximum absolute atomic E-state index is 11.8. The van der Waals surface area contributed by atoms with Gasteiger partial charge in [0.25, 0.3) is 0 Å². The maximum Gasteiger partial charge on any atom is 0.245 e.